The summed E-state index contributed by atoms with van der Waals surface area (Å²) in [5, 5.41) is 3.34. The molecule has 0 aromatic carbocycles. The number of piperazine rings is 1. The lowest BCUT2D eigenvalue weighted by molar-refractivity contribution is -0.130. The Labute approximate surface area is 186 Å². The Morgan fingerprint density at radius 3 is 2.46 bits per heavy atom. The number of nitrogens with zero attached hydrogens (tertiary/aromatic N) is 4. The molecule has 2 rings (SSSR count). The van der Waals surface area contributed by atoms with Crippen molar-refractivity contribution in [2.45, 2.75) is 46.0 Å². The number of hydrogen-bond acceptors (Lipinski definition) is 4. The first-order valence-electron chi connectivity index (χ1n) is 10.4. The molecule has 2 aliphatic heterocycles. The largest absolute Gasteiger partial charge is 0.450 e. The van der Waals surface area contributed by atoms with E-state index in [1.54, 1.807) is 4.90 Å². The molecule has 8 nitrogen and oxygen atoms in total. The number of amides is 2. The summed E-state index contributed by atoms with van der Waals surface area (Å²) in [5.74, 6) is 1.18. The molecular weight excluding hydrogens is 473 g/mol. The Balaban J connectivity index is 0.00000392. The van der Waals surface area contributed by atoms with E-state index in [1.165, 1.54) is 0 Å². The number of halogens is 1. The summed E-state index contributed by atoms with van der Waals surface area (Å²) in [6.45, 7) is 10.2. The van der Waals surface area contributed by atoms with Gasteiger partial charge in [-0.3, -0.25) is 9.79 Å². The average Bonchev–Trinajstić information content (AvgIpc) is 2.89. The number of rotatable bonds is 6. The number of carbonyl (C=O) groups is 2. The number of hydrogen-bond donors (Lipinski definition) is 1. The maximum absolute atomic E-state index is 12.1. The van der Waals surface area contributed by atoms with Crippen LogP contribution in [0.2, 0.25) is 0 Å². The van der Waals surface area contributed by atoms with Gasteiger partial charge in [0.25, 0.3) is 0 Å². The van der Waals surface area contributed by atoms with Crippen LogP contribution < -0.4 is 5.32 Å². The van der Waals surface area contributed by atoms with Crippen molar-refractivity contribution in [3.63, 3.8) is 0 Å². The van der Waals surface area contributed by atoms with Crippen molar-refractivity contribution in [1.29, 1.82) is 0 Å². The van der Waals surface area contributed by atoms with Crippen LogP contribution in [0.1, 0.15) is 46.0 Å². The molecule has 0 atom stereocenters. The molecule has 2 amide bonds. The fourth-order valence-corrected chi connectivity index (χ4v) is 3.46. The van der Waals surface area contributed by atoms with Gasteiger partial charge in [0.05, 0.1) is 6.61 Å². The van der Waals surface area contributed by atoms with Crippen LogP contribution in [0.25, 0.3) is 0 Å². The van der Waals surface area contributed by atoms with Gasteiger partial charge in [-0.2, -0.15) is 0 Å². The zero-order valence-electron chi connectivity index (χ0n) is 17.3. The van der Waals surface area contributed by atoms with E-state index in [1.807, 2.05) is 11.8 Å². The van der Waals surface area contributed by atoms with Crippen LogP contribution in [0, 0.1) is 0 Å². The second-order valence-electron chi connectivity index (χ2n) is 6.95. The van der Waals surface area contributed by atoms with E-state index in [0.717, 1.165) is 64.4 Å². The van der Waals surface area contributed by atoms with Gasteiger partial charge in [0.15, 0.2) is 5.96 Å². The van der Waals surface area contributed by atoms with Crippen molar-refractivity contribution in [2.75, 3.05) is 59.0 Å². The highest BCUT2D eigenvalue weighted by Gasteiger charge is 2.23. The molecule has 2 fully saturated rings. The lowest BCUT2D eigenvalue weighted by Gasteiger charge is -2.36. The molecule has 2 aliphatic rings. The summed E-state index contributed by atoms with van der Waals surface area (Å²) in [4.78, 5) is 34.5. The SMILES string of the molecule is CCNC(=NCCCN1CCCCCC1=O)N1CCN(C(=O)OCC)CC1.I. The lowest BCUT2D eigenvalue weighted by Crippen LogP contribution is -2.54. The molecule has 9 heteroatoms. The minimum atomic E-state index is -0.235. The van der Waals surface area contributed by atoms with Gasteiger partial charge >= 0.3 is 6.09 Å². The van der Waals surface area contributed by atoms with Gasteiger partial charge in [-0.1, -0.05) is 6.42 Å². The fourth-order valence-electron chi connectivity index (χ4n) is 3.46. The van der Waals surface area contributed by atoms with E-state index >= 15 is 0 Å². The van der Waals surface area contributed by atoms with Crippen molar-refractivity contribution in [2.24, 2.45) is 4.99 Å². The summed E-state index contributed by atoms with van der Waals surface area (Å²) in [7, 11) is 0. The monoisotopic (exact) mass is 509 g/mol. The quantitative estimate of drug-likeness (QED) is 0.257. The molecule has 0 aromatic rings. The van der Waals surface area contributed by atoms with Crippen molar-refractivity contribution in [3.05, 3.63) is 0 Å². The Morgan fingerprint density at radius 1 is 1.07 bits per heavy atom. The van der Waals surface area contributed by atoms with Crippen LogP contribution in [-0.2, 0) is 9.53 Å². The number of likely N-dealkylation sites (tertiary alicyclic amines) is 1. The van der Waals surface area contributed by atoms with Gasteiger partial charge in [-0.25, -0.2) is 4.79 Å². The second kappa shape index (κ2) is 13.8. The predicted molar refractivity (Wildman–Crippen MR) is 121 cm³/mol. The number of aliphatic imine (C=N–C) groups is 1. The smallest absolute Gasteiger partial charge is 0.409 e. The second-order valence-corrected chi connectivity index (χ2v) is 6.95. The Hall–Kier alpha value is -1.26. The van der Waals surface area contributed by atoms with Crippen LogP contribution in [-0.4, -0.2) is 91.6 Å². The number of carbonyl (C=O) groups excluding carboxylic acids is 2. The Kier molecular flexibility index (Phi) is 12.2. The van der Waals surface area contributed by atoms with Crippen molar-refractivity contribution >= 4 is 41.9 Å². The van der Waals surface area contributed by atoms with Gasteiger partial charge < -0.3 is 24.8 Å². The minimum absolute atomic E-state index is 0. The molecule has 0 saturated carbocycles. The van der Waals surface area contributed by atoms with Crippen molar-refractivity contribution < 1.29 is 14.3 Å². The van der Waals surface area contributed by atoms with E-state index in [0.29, 0.717) is 38.6 Å². The predicted octanol–water partition coefficient (Wildman–Crippen LogP) is 2.14. The first-order chi connectivity index (χ1) is 13.2. The molecule has 1 N–H and O–H groups in total. The molecule has 28 heavy (non-hydrogen) atoms. The normalized spacial score (nSPS) is 18.4. The van der Waals surface area contributed by atoms with Gasteiger partial charge in [0.1, 0.15) is 0 Å². The molecule has 0 unspecified atom stereocenters. The maximum atomic E-state index is 12.1. The molecule has 0 aliphatic carbocycles. The van der Waals surface area contributed by atoms with E-state index in [9.17, 15) is 9.59 Å². The third kappa shape index (κ3) is 8.00. The lowest BCUT2D eigenvalue weighted by atomic mass is 10.2. The molecule has 0 aromatic heterocycles. The highest BCUT2D eigenvalue weighted by atomic mass is 127. The Bertz CT molecular complexity index is 510. The highest BCUT2D eigenvalue weighted by molar-refractivity contribution is 14.0. The van der Waals surface area contributed by atoms with Gasteiger partial charge in [0.2, 0.25) is 5.91 Å². The maximum Gasteiger partial charge on any atom is 0.409 e. The molecule has 162 valence electrons. The molecule has 0 spiro atoms. The molecule has 0 radical (unpaired) electrons. The van der Waals surface area contributed by atoms with Gasteiger partial charge in [-0.05, 0) is 33.1 Å². The first kappa shape index (κ1) is 24.8. The van der Waals surface area contributed by atoms with Gasteiger partial charge in [-0.15, -0.1) is 24.0 Å². The average molecular weight is 509 g/mol. The third-order valence-electron chi connectivity index (χ3n) is 4.96. The van der Waals surface area contributed by atoms with E-state index in [4.69, 9.17) is 9.73 Å². The minimum Gasteiger partial charge on any atom is -0.450 e. The molecule has 2 heterocycles. The molecule has 2 saturated heterocycles. The summed E-state index contributed by atoms with van der Waals surface area (Å²) in [5.41, 5.74) is 0. The van der Waals surface area contributed by atoms with Gasteiger partial charge in [0, 0.05) is 58.8 Å². The van der Waals surface area contributed by atoms with E-state index in [-0.39, 0.29) is 30.1 Å². The van der Waals surface area contributed by atoms with Crippen molar-refractivity contribution in [1.82, 2.24) is 20.0 Å². The topological polar surface area (TPSA) is 77.5 Å². The first-order valence-corrected chi connectivity index (χ1v) is 10.4. The van der Waals surface area contributed by atoms with Crippen LogP contribution in [0.5, 0.6) is 0 Å². The molecule has 0 bridgehead atoms. The number of nitrogens with one attached hydrogen (secondary N) is 1. The van der Waals surface area contributed by atoms with Crippen LogP contribution in [0.3, 0.4) is 0 Å². The van der Waals surface area contributed by atoms with Crippen LogP contribution in [0.15, 0.2) is 4.99 Å². The van der Waals surface area contributed by atoms with E-state index < -0.39 is 0 Å². The zero-order chi connectivity index (χ0) is 19.5. The molecular formula is C19H36IN5O3. The van der Waals surface area contributed by atoms with Crippen LogP contribution >= 0.6 is 24.0 Å². The summed E-state index contributed by atoms with van der Waals surface area (Å²) in [6, 6.07) is 0. The van der Waals surface area contributed by atoms with E-state index in [2.05, 4.69) is 17.1 Å². The Morgan fingerprint density at radius 2 is 1.79 bits per heavy atom. The standard InChI is InChI=1S/C19H35N5O3.HI/c1-3-20-18(23-13-15-24(16-14-23)19(26)27-4-2)21-10-8-12-22-11-7-5-6-9-17(22)25;/h3-16H2,1-2H3,(H,20,21);1H. The summed E-state index contributed by atoms with van der Waals surface area (Å²) < 4.78 is 5.07. The number of guanidine groups is 1. The number of ether oxygens (including phenoxy) is 1. The highest BCUT2D eigenvalue weighted by Crippen LogP contribution is 2.11. The zero-order valence-corrected chi connectivity index (χ0v) is 19.7. The summed E-state index contributed by atoms with van der Waals surface area (Å²) in [6.07, 6.45) is 4.63. The summed E-state index contributed by atoms with van der Waals surface area (Å²) >= 11 is 0. The third-order valence-corrected chi connectivity index (χ3v) is 4.96. The van der Waals surface area contributed by atoms with Crippen molar-refractivity contribution in [3.8, 4) is 0 Å². The fraction of sp³-hybridized carbons (Fsp3) is 0.842. The van der Waals surface area contributed by atoms with Crippen LogP contribution in [0.4, 0.5) is 4.79 Å².